The molecule has 0 bridgehead atoms. The molecule has 2 aliphatic rings. The summed E-state index contributed by atoms with van der Waals surface area (Å²) in [5.74, 6) is -0.777. The zero-order valence-electron chi connectivity index (χ0n) is 17.3. The van der Waals surface area contributed by atoms with Crippen LogP contribution in [0.1, 0.15) is 31.7 Å². The summed E-state index contributed by atoms with van der Waals surface area (Å²) < 4.78 is 0. The van der Waals surface area contributed by atoms with E-state index >= 15 is 0 Å². The second-order valence-electron chi connectivity index (χ2n) is 7.68. The molecule has 2 heterocycles. The molecule has 0 radical (unpaired) electrons. The number of nitrogens with one attached hydrogen (secondary N) is 1. The van der Waals surface area contributed by atoms with Crippen LogP contribution in [0.4, 0.5) is 17.1 Å². The first-order valence-corrected chi connectivity index (χ1v) is 10.5. The molecule has 2 aromatic rings. The van der Waals surface area contributed by atoms with Gasteiger partial charge in [0.15, 0.2) is 0 Å². The number of carbonyl (C=O) groups is 2. The molecule has 0 saturated carbocycles. The van der Waals surface area contributed by atoms with Crippen LogP contribution in [0.15, 0.2) is 54.2 Å². The van der Waals surface area contributed by atoms with Crippen LogP contribution in [0.2, 0.25) is 0 Å². The largest absolute Gasteiger partial charge is 0.372 e. The van der Waals surface area contributed by atoms with Crippen molar-refractivity contribution in [3.63, 3.8) is 0 Å². The van der Waals surface area contributed by atoms with Crippen LogP contribution in [0.25, 0.3) is 5.57 Å². The van der Waals surface area contributed by atoms with Gasteiger partial charge >= 0.3 is 0 Å². The van der Waals surface area contributed by atoms with Gasteiger partial charge in [-0.05, 0) is 61.2 Å². The van der Waals surface area contributed by atoms with Crippen LogP contribution in [-0.2, 0) is 9.59 Å². The molecular weight excluding hydrogens is 396 g/mol. The van der Waals surface area contributed by atoms with Crippen molar-refractivity contribution in [1.29, 1.82) is 0 Å². The van der Waals surface area contributed by atoms with Gasteiger partial charge in [-0.3, -0.25) is 24.6 Å². The standard InChI is InChI=1S/C23H24N4O4/c1-2-13-26-22(28)20(16-5-9-19(10-6-16)27(30)31)21(23(26)29)24-17-7-11-18(12-8-17)25-14-3-4-15-25/h5-12,24H,2-4,13-15H2,1H3. The predicted octanol–water partition coefficient (Wildman–Crippen LogP) is 3.80. The van der Waals surface area contributed by atoms with E-state index in [-0.39, 0.29) is 22.9 Å². The molecule has 31 heavy (non-hydrogen) atoms. The highest BCUT2D eigenvalue weighted by molar-refractivity contribution is 6.36. The summed E-state index contributed by atoms with van der Waals surface area (Å²) in [6.07, 6.45) is 3.02. The van der Waals surface area contributed by atoms with Crippen molar-refractivity contribution in [3.05, 3.63) is 69.9 Å². The zero-order valence-corrected chi connectivity index (χ0v) is 17.3. The molecule has 0 spiro atoms. The molecule has 0 aromatic heterocycles. The number of hydrogen-bond acceptors (Lipinski definition) is 6. The third-order valence-electron chi connectivity index (χ3n) is 5.59. The minimum atomic E-state index is -0.496. The molecule has 160 valence electrons. The van der Waals surface area contributed by atoms with Gasteiger partial charge in [0.25, 0.3) is 17.5 Å². The second-order valence-corrected chi connectivity index (χ2v) is 7.68. The van der Waals surface area contributed by atoms with Crippen molar-refractivity contribution in [2.24, 2.45) is 0 Å². The van der Waals surface area contributed by atoms with E-state index in [4.69, 9.17) is 0 Å². The van der Waals surface area contributed by atoms with Gasteiger partial charge in [0.2, 0.25) is 0 Å². The van der Waals surface area contributed by atoms with Crippen LogP contribution >= 0.6 is 0 Å². The SMILES string of the molecule is CCCN1C(=O)C(Nc2ccc(N3CCCC3)cc2)=C(c2ccc([N+](=O)[O-])cc2)C1=O. The molecule has 1 fully saturated rings. The Kier molecular flexibility index (Phi) is 5.70. The van der Waals surface area contributed by atoms with Gasteiger partial charge < -0.3 is 10.2 Å². The Morgan fingerprint density at radius 3 is 2.19 bits per heavy atom. The van der Waals surface area contributed by atoms with Crippen LogP contribution in [0.3, 0.4) is 0 Å². The van der Waals surface area contributed by atoms with E-state index in [1.54, 1.807) is 0 Å². The molecule has 8 nitrogen and oxygen atoms in total. The van der Waals surface area contributed by atoms with Crippen molar-refractivity contribution >= 4 is 34.4 Å². The molecule has 1 saturated heterocycles. The van der Waals surface area contributed by atoms with Crippen molar-refractivity contribution < 1.29 is 14.5 Å². The number of nitro groups is 1. The minimum absolute atomic E-state index is 0.0708. The van der Waals surface area contributed by atoms with E-state index in [2.05, 4.69) is 10.2 Å². The molecule has 2 amide bonds. The average molecular weight is 420 g/mol. The summed E-state index contributed by atoms with van der Waals surface area (Å²) in [6, 6.07) is 13.5. The van der Waals surface area contributed by atoms with Crippen LogP contribution < -0.4 is 10.2 Å². The first kappa shape index (κ1) is 20.6. The third-order valence-corrected chi connectivity index (χ3v) is 5.59. The lowest BCUT2D eigenvalue weighted by molar-refractivity contribution is -0.384. The Balaban J connectivity index is 1.66. The lowest BCUT2D eigenvalue weighted by Crippen LogP contribution is -2.33. The van der Waals surface area contributed by atoms with Crippen molar-refractivity contribution in [2.45, 2.75) is 26.2 Å². The molecule has 0 atom stereocenters. The smallest absolute Gasteiger partial charge is 0.278 e. The topological polar surface area (TPSA) is 95.8 Å². The maximum atomic E-state index is 13.0. The number of anilines is 2. The van der Waals surface area contributed by atoms with Crippen molar-refractivity contribution in [3.8, 4) is 0 Å². The number of imide groups is 1. The fraction of sp³-hybridized carbons (Fsp3) is 0.304. The van der Waals surface area contributed by atoms with E-state index in [9.17, 15) is 19.7 Å². The minimum Gasteiger partial charge on any atom is -0.372 e. The van der Waals surface area contributed by atoms with E-state index < -0.39 is 10.8 Å². The maximum Gasteiger partial charge on any atom is 0.278 e. The van der Waals surface area contributed by atoms with Crippen LogP contribution in [-0.4, -0.2) is 41.3 Å². The molecule has 2 aromatic carbocycles. The average Bonchev–Trinajstić information content (AvgIpc) is 3.38. The fourth-order valence-corrected chi connectivity index (χ4v) is 4.01. The number of carbonyl (C=O) groups excluding carboxylic acids is 2. The van der Waals surface area contributed by atoms with Gasteiger partial charge in [-0.15, -0.1) is 0 Å². The number of benzene rings is 2. The van der Waals surface area contributed by atoms with Gasteiger partial charge in [0, 0.05) is 43.1 Å². The van der Waals surface area contributed by atoms with E-state index in [0.717, 1.165) is 18.8 Å². The Hall–Kier alpha value is -3.68. The highest BCUT2D eigenvalue weighted by Gasteiger charge is 2.38. The zero-order chi connectivity index (χ0) is 22.0. The van der Waals surface area contributed by atoms with Crippen LogP contribution in [0, 0.1) is 10.1 Å². The summed E-state index contributed by atoms with van der Waals surface area (Å²) in [6.45, 7) is 4.30. The molecule has 2 aliphatic heterocycles. The Morgan fingerprint density at radius 1 is 0.968 bits per heavy atom. The summed E-state index contributed by atoms with van der Waals surface area (Å²) in [7, 11) is 0. The highest BCUT2D eigenvalue weighted by atomic mass is 16.6. The summed E-state index contributed by atoms with van der Waals surface area (Å²) in [5, 5.41) is 14.1. The number of non-ortho nitro benzene ring substituents is 1. The number of amides is 2. The number of hydrogen-bond donors (Lipinski definition) is 1. The molecule has 1 N–H and O–H groups in total. The molecule has 0 aliphatic carbocycles. The Bertz CT molecular complexity index is 1040. The maximum absolute atomic E-state index is 13.0. The van der Waals surface area contributed by atoms with Gasteiger partial charge in [0.1, 0.15) is 5.70 Å². The molecular formula is C23H24N4O4. The Morgan fingerprint density at radius 2 is 1.61 bits per heavy atom. The lowest BCUT2D eigenvalue weighted by atomic mass is 10.0. The first-order chi connectivity index (χ1) is 15.0. The summed E-state index contributed by atoms with van der Waals surface area (Å²) >= 11 is 0. The third kappa shape index (κ3) is 4.01. The Labute approximate surface area is 180 Å². The lowest BCUT2D eigenvalue weighted by Gasteiger charge is -2.18. The van der Waals surface area contributed by atoms with Crippen molar-refractivity contribution in [2.75, 3.05) is 29.9 Å². The van der Waals surface area contributed by atoms with Crippen LogP contribution in [0.5, 0.6) is 0 Å². The monoisotopic (exact) mass is 420 g/mol. The predicted molar refractivity (Wildman–Crippen MR) is 119 cm³/mol. The van der Waals surface area contributed by atoms with Gasteiger partial charge in [-0.25, -0.2) is 0 Å². The fourth-order valence-electron chi connectivity index (χ4n) is 4.01. The first-order valence-electron chi connectivity index (χ1n) is 10.5. The van der Waals surface area contributed by atoms with Crippen molar-refractivity contribution in [1.82, 2.24) is 4.90 Å². The molecule has 8 heteroatoms. The highest BCUT2D eigenvalue weighted by Crippen LogP contribution is 2.32. The van der Waals surface area contributed by atoms with E-state index in [1.165, 1.54) is 42.0 Å². The van der Waals surface area contributed by atoms with E-state index in [0.29, 0.717) is 24.2 Å². The van der Waals surface area contributed by atoms with Gasteiger partial charge in [-0.1, -0.05) is 6.92 Å². The van der Waals surface area contributed by atoms with E-state index in [1.807, 2.05) is 31.2 Å². The molecule has 0 unspecified atom stereocenters. The van der Waals surface area contributed by atoms with Gasteiger partial charge in [-0.2, -0.15) is 0 Å². The molecule has 4 rings (SSSR count). The second kappa shape index (κ2) is 8.59. The summed E-state index contributed by atoms with van der Waals surface area (Å²) in [4.78, 5) is 40.0. The number of nitrogens with zero attached hydrogens (tertiary/aromatic N) is 3. The van der Waals surface area contributed by atoms with Gasteiger partial charge in [0.05, 0.1) is 10.5 Å². The quantitative estimate of drug-likeness (QED) is 0.416. The number of rotatable bonds is 7. The number of nitro benzene ring substituents is 1. The summed E-state index contributed by atoms with van der Waals surface area (Å²) in [5.41, 5.74) is 2.67. The normalized spacial score (nSPS) is 16.4.